The van der Waals surface area contributed by atoms with Crippen molar-refractivity contribution < 1.29 is 4.79 Å². The van der Waals surface area contributed by atoms with Crippen LogP contribution in [0.2, 0.25) is 0 Å². The van der Waals surface area contributed by atoms with Crippen LogP contribution in [0.4, 0.5) is 10.8 Å². The number of hydrogen-bond acceptors (Lipinski definition) is 6. The molecule has 1 aromatic heterocycles. The summed E-state index contributed by atoms with van der Waals surface area (Å²) < 4.78 is 0. The van der Waals surface area contributed by atoms with E-state index < -0.39 is 0 Å². The third-order valence-corrected chi connectivity index (χ3v) is 4.61. The second-order valence-corrected chi connectivity index (χ2v) is 6.17. The van der Waals surface area contributed by atoms with E-state index in [1.54, 1.807) is 11.1 Å². The molecule has 0 aliphatic carbocycles. The maximum absolute atomic E-state index is 12.2. The van der Waals surface area contributed by atoms with E-state index in [0.717, 1.165) is 10.4 Å². The first-order valence-corrected chi connectivity index (χ1v) is 7.75. The SMILES string of the molecule is N#CN1CCC(C(=O)Nc2ncc(-c3ccccc3N)s2)C1. The largest absolute Gasteiger partial charge is 0.398 e. The number of likely N-dealkylation sites (tertiary alicyclic amines) is 1. The average molecular weight is 313 g/mol. The van der Waals surface area contributed by atoms with E-state index in [1.165, 1.54) is 11.3 Å². The van der Waals surface area contributed by atoms with Crippen LogP contribution in [0.15, 0.2) is 30.5 Å². The number of aromatic nitrogens is 1. The topological polar surface area (TPSA) is 95.0 Å². The molecule has 3 N–H and O–H groups in total. The van der Waals surface area contributed by atoms with E-state index in [2.05, 4.69) is 16.5 Å². The van der Waals surface area contributed by atoms with Crippen LogP contribution in [0.3, 0.4) is 0 Å². The number of nitriles is 1. The third kappa shape index (κ3) is 2.87. The first kappa shape index (κ1) is 14.4. The van der Waals surface area contributed by atoms with Crippen molar-refractivity contribution in [1.29, 1.82) is 5.26 Å². The zero-order valence-electron chi connectivity index (χ0n) is 11.8. The first-order chi connectivity index (χ1) is 10.7. The summed E-state index contributed by atoms with van der Waals surface area (Å²) in [5, 5.41) is 12.2. The summed E-state index contributed by atoms with van der Waals surface area (Å²) in [6, 6.07) is 7.56. The molecule has 0 spiro atoms. The van der Waals surface area contributed by atoms with Crippen molar-refractivity contribution in [2.24, 2.45) is 5.92 Å². The van der Waals surface area contributed by atoms with Gasteiger partial charge in [0.1, 0.15) is 0 Å². The lowest BCUT2D eigenvalue weighted by Crippen LogP contribution is -2.25. The Labute approximate surface area is 132 Å². The Kier molecular flexibility index (Phi) is 3.94. The van der Waals surface area contributed by atoms with Crippen LogP contribution in [0.25, 0.3) is 10.4 Å². The number of amides is 1. The standard InChI is InChI=1S/C15H15N5OS/c16-9-20-6-5-10(8-20)14(21)19-15-18-7-13(22-15)11-3-1-2-4-12(11)17/h1-4,7,10H,5-6,8,17H2,(H,18,19,21). The molecule has 1 aliphatic heterocycles. The summed E-state index contributed by atoms with van der Waals surface area (Å²) in [5.41, 5.74) is 7.55. The highest BCUT2D eigenvalue weighted by Crippen LogP contribution is 2.32. The van der Waals surface area contributed by atoms with Gasteiger partial charge in [-0.05, 0) is 12.5 Å². The maximum Gasteiger partial charge on any atom is 0.231 e. The molecule has 1 amide bonds. The quantitative estimate of drug-likeness (QED) is 0.668. The van der Waals surface area contributed by atoms with E-state index in [0.29, 0.717) is 30.3 Å². The lowest BCUT2D eigenvalue weighted by molar-refractivity contribution is -0.119. The molecule has 1 atom stereocenters. The highest BCUT2D eigenvalue weighted by atomic mass is 32.1. The molecule has 1 saturated heterocycles. The summed E-state index contributed by atoms with van der Waals surface area (Å²) in [6.07, 6.45) is 4.48. The predicted octanol–water partition coefficient (Wildman–Crippen LogP) is 2.13. The Morgan fingerprint density at radius 1 is 1.50 bits per heavy atom. The van der Waals surface area contributed by atoms with Gasteiger partial charge in [0.25, 0.3) is 0 Å². The summed E-state index contributed by atoms with van der Waals surface area (Å²) >= 11 is 1.39. The Morgan fingerprint density at radius 2 is 2.32 bits per heavy atom. The Balaban J connectivity index is 1.69. The highest BCUT2D eigenvalue weighted by Gasteiger charge is 2.28. The number of hydrogen-bond donors (Lipinski definition) is 2. The molecule has 1 fully saturated rings. The van der Waals surface area contributed by atoms with E-state index in [9.17, 15) is 4.79 Å². The van der Waals surface area contributed by atoms with Crippen molar-refractivity contribution in [2.75, 3.05) is 24.1 Å². The van der Waals surface area contributed by atoms with Gasteiger partial charge in [-0.25, -0.2) is 4.98 Å². The van der Waals surface area contributed by atoms with Gasteiger partial charge in [-0.15, -0.1) is 0 Å². The number of rotatable bonds is 3. The van der Waals surface area contributed by atoms with Crippen molar-refractivity contribution >= 4 is 28.1 Å². The summed E-state index contributed by atoms with van der Waals surface area (Å²) in [4.78, 5) is 18.9. The van der Waals surface area contributed by atoms with Crippen LogP contribution in [-0.2, 0) is 4.79 Å². The molecular weight excluding hydrogens is 298 g/mol. The second kappa shape index (κ2) is 6.03. The number of carbonyl (C=O) groups excluding carboxylic acids is 1. The fourth-order valence-electron chi connectivity index (χ4n) is 2.45. The molecule has 1 aromatic carbocycles. The van der Waals surface area contributed by atoms with Crippen molar-refractivity contribution in [2.45, 2.75) is 6.42 Å². The van der Waals surface area contributed by atoms with Crippen molar-refractivity contribution in [1.82, 2.24) is 9.88 Å². The number of anilines is 2. The predicted molar refractivity (Wildman–Crippen MR) is 85.9 cm³/mol. The highest BCUT2D eigenvalue weighted by molar-refractivity contribution is 7.19. The monoisotopic (exact) mass is 313 g/mol. The molecule has 1 unspecified atom stereocenters. The third-order valence-electron chi connectivity index (χ3n) is 3.66. The van der Waals surface area contributed by atoms with E-state index in [1.807, 2.05) is 24.3 Å². The van der Waals surface area contributed by atoms with Gasteiger partial charge in [0.2, 0.25) is 5.91 Å². The van der Waals surface area contributed by atoms with Gasteiger partial charge in [-0.2, -0.15) is 5.26 Å². The molecule has 2 aromatic rings. The lowest BCUT2D eigenvalue weighted by atomic mass is 10.1. The number of benzene rings is 1. The van der Waals surface area contributed by atoms with Gasteiger partial charge in [-0.3, -0.25) is 4.79 Å². The van der Waals surface area contributed by atoms with Crippen LogP contribution in [0, 0.1) is 17.4 Å². The average Bonchev–Trinajstić information content (AvgIpc) is 3.16. The van der Waals surface area contributed by atoms with Crippen molar-refractivity contribution in [3.8, 4) is 16.6 Å². The van der Waals surface area contributed by atoms with Crippen LogP contribution in [0.5, 0.6) is 0 Å². The number of nitrogen functional groups attached to an aromatic ring is 1. The molecular formula is C15H15N5OS. The minimum Gasteiger partial charge on any atom is -0.398 e. The Hall–Kier alpha value is -2.59. The maximum atomic E-state index is 12.2. The van der Waals surface area contributed by atoms with Crippen LogP contribution in [-0.4, -0.2) is 28.9 Å². The van der Waals surface area contributed by atoms with Crippen LogP contribution in [0.1, 0.15) is 6.42 Å². The smallest absolute Gasteiger partial charge is 0.231 e. The van der Waals surface area contributed by atoms with Crippen LogP contribution >= 0.6 is 11.3 Å². The molecule has 112 valence electrons. The molecule has 6 nitrogen and oxygen atoms in total. The molecule has 7 heteroatoms. The zero-order chi connectivity index (χ0) is 15.5. The lowest BCUT2D eigenvalue weighted by Gasteiger charge is -2.08. The summed E-state index contributed by atoms with van der Waals surface area (Å²) in [7, 11) is 0. The number of para-hydroxylation sites is 1. The van der Waals surface area contributed by atoms with E-state index in [-0.39, 0.29) is 11.8 Å². The number of nitrogens with one attached hydrogen (secondary N) is 1. The molecule has 0 saturated carbocycles. The van der Waals surface area contributed by atoms with E-state index in [4.69, 9.17) is 11.0 Å². The first-order valence-electron chi connectivity index (χ1n) is 6.93. The Bertz CT molecular complexity index is 736. The fraction of sp³-hybridized carbons (Fsp3) is 0.267. The summed E-state index contributed by atoms with van der Waals surface area (Å²) in [5.74, 6) is -0.242. The minimum absolute atomic E-state index is 0.0836. The molecule has 3 rings (SSSR count). The van der Waals surface area contributed by atoms with Crippen LogP contribution < -0.4 is 11.1 Å². The van der Waals surface area contributed by atoms with Crippen molar-refractivity contribution in [3.63, 3.8) is 0 Å². The number of carbonyl (C=O) groups is 1. The number of nitrogens with two attached hydrogens (primary N) is 1. The molecule has 22 heavy (non-hydrogen) atoms. The van der Waals surface area contributed by atoms with Gasteiger partial charge >= 0.3 is 0 Å². The van der Waals surface area contributed by atoms with Gasteiger partial charge in [0.05, 0.1) is 10.8 Å². The Morgan fingerprint density at radius 3 is 3.05 bits per heavy atom. The molecule has 2 heterocycles. The zero-order valence-corrected chi connectivity index (χ0v) is 12.6. The fourth-order valence-corrected chi connectivity index (χ4v) is 3.32. The molecule has 0 radical (unpaired) electrons. The van der Waals surface area contributed by atoms with E-state index >= 15 is 0 Å². The van der Waals surface area contributed by atoms with Gasteiger partial charge in [-0.1, -0.05) is 29.5 Å². The van der Waals surface area contributed by atoms with Gasteiger partial charge < -0.3 is 16.0 Å². The molecule has 0 bridgehead atoms. The minimum atomic E-state index is -0.159. The van der Waals surface area contributed by atoms with Crippen molar-refractivity contribution in [3.05, 3.63) is 30.5 Å². The molecule has 1 aliphatic rings. The second-order valence-electron chi connectivity index (χ2n) is 5.14. The normalized spacial score (nSPS) is 17.2. The summed E-state index contributed by atoms with van der Waals surface area (Å²) in [6.45, 7) is 1.12. The number of nitrogens with zero attached hydrogens (tertiary/aromatic N) is 3. The van der Waals surface area contributed by atoms with Gasteiger partial charge in [0, 0.05) is 30.5 Å². The number of thiazole rings is 1. The van der Waals surface area contributed by atoms with Gasteiger partial charge in [0.15, 0.2) is 11.3 Å².